The van der Waals surface area contributed by atoms with E-state index in [1.165, 1.54) is 18.7 Å². The highest BCUT2D eigenvalue weighted by Crippen LogP contribution is 2.32. The maximum atomic E-state index is 12.4. The van der Waals surface area contributed by atoms with E-state index in [-0.39, 0.29) is 17.3 Å². The largest absolute Gasteiger partial charge is 0.497 e. The molecule has 2 aromatic carbocycles. The zero-order valence-corrected chi connectivity index (χ0v) is 15.1. The van der Waals surface area contributed by atoms with E-state index in [0.717, 1.165) is 4.90 Å². The van der Waals surface area contributed by atoms with Gasteiger partial charge in [0.05, 0.1) is 24.1 Å². The smallest absolute Gasteiger partial charge is 0.338 e. The van der Waals surface area contributed by atoms with Gasteiger partial charge in [0.1, 0.15) is 5.75 Å². The van der Waals surface area contributed by atoms with E-state index in [1.54, 1.807) is 49.6 Å². The number of carbonyl (C=O) groups is 3. The first-order chi connectivity index (χ1) is 12.5. The fourth-order valence-electron chi connectivity index (χ4n) is 2.48. The van der Waals surface area contributed by atoms with E-state index in [2.05, 4.69) is 5.32 Å². The Morgan fingerprint density at radius 2 is 1.81 bits per heavy atom. The monoisotopic (exact) mass is 371 g/mol. The molecule has 1 aliphatic rings. The number of esters is 1. The van der Waals surface area contributed by atoms with Crippen LogP contribution in [-0.2, 0) is 9.53 Å². The molecule has 0 unspecified atom stereocenters. The molecule has 1 N–H and O–H groups in total. The Kier molecular flexibility index (Phi) is 5.27. The van der Waals surface area contributed by atoms with Crippen molar-refractivity contribution in [3.63, 3.8) is 0 Å². The number of nitrogens with one attached hydrogen (secondary N) is 1. The Morgan fingerprint density at radius 3 is 2.50 bits per heavy atom. The van der Waals surface area contributed by atoms with Crippen molar-refractivity contribution >= 4 is 35.1 Å². The molecule has 0 aromatic heterocycles. The van der Waals surface area contributed by atoms with Crippen LogP contribution in [0.2, 0.25) is 0 Å². The third-order valence-corrected chi connectivity index (χ3v) is 4.95. The number of amides is 1. The summed E-state index contributed by atoms with van der Waals surface area (Å²) >= 11 is 1.41. The van der Waals surface area contributed by atoms with Gasteiger partial charge in [-0.2, -0.15) is 0 Å². The first-order valence-electron chi connectivity index (χ1n) is 7.94. The number of rotatable bonds is 5. The van der Waals surface area contributed by atoms with Gasteiger partial charge in [-0.1, -0.05) is 0 Å². The van der Waals surface area contributed by atoms with Gasteiger partial charge in [0.15, 0.2) is 6.10 Å². The van der Waals surface area contributed by atoms with Crippen molar-refractivity contribution in [1.82, 2.24) is 0 Å². The lowest BCUT2D eigenvalue weighted by molar-refractivity contribution is -0.113. The van der Waals surface area contributed by atoms with E-state index in [1.807, 2.05) is 0 Å². The third-order valence-electron chi connectivity index (χ3n) is 3.88. The number of anilines is 1. The molecular weight excluding hydrogens is 354 g/mol. The molecule has 0 aliphatic carbocycles. The van der Waals surface area contributed by atoms with Gasteiger partial charge in [-0.15, -0.1) is 11.8 Å². The molecule has 2 aromatic rings. The molecule has 0 bridgehead atoms. The van der Waals surface area contributed by atoms with Crippen molar-refractivity contribution in [3.8, 4) is 5.75 Å². The van der Waals surface area contributed by atoms with Crippen LogP contribution in [0.25, 0.3) is 0 Å². The molecule has 7 heteroatoms. The number of hydrogen-bond donors (Lipinski definition) is 1. The average molecular weight is 371 g/mol. The van der Waals surface area contributed by atoms with Gasteiger partial charge in [-0.3, -0.25) is 9.59 Å². The summed E-state index contributed by atoms with van der Waals surface area (Å²) in [4.78, 5) is 37.1. The Bertz CT molecular complexity index is 863. The molecule has 1 atom stereocenters. The van der Waals surface area contributed by atoms with E-state index >= 15 is 0 Å². The standard InChI is InChI=1S/C19H17NO5S/c1-11(18(22)12-3-6-14(24-2)7-4-12)25-19(23)13-5-8-16-15(9-13)20-17(21)10-26-16/h3-9,11H,10H2,1-2H3,(H,20,21)/t11-/m0/s1. The Morgan fingerprint density at radius 1 is 1.12 bits per heavy atom. The minimum absolute atomic E-state index is 0.115. The Labute approximate surface area is 154 Å². The summed E-state index contributed by atoms with van der Waals surface area (Å²) in [5.41, 5.74) is 1.29. The van der Waals surface area contributed by atoms with E-state index < -0.39 is 12.1 Å². The van der Waals surface area contributed by atoms with E-state index in [9.17, 15) is 14.4 Å². The molecule has 1 amide bonds. The van der Waals surface area contributed by atoms with Crippen molar-refractivity contribution < 1.29 is 23.9 Å². The lowest BCUT2D eigenvalue weighted by Crippen LogP contribution is -2.25. The van der Waals surface area contributed by atoms with Gasteiger partial charge in [-0.05, 0) is 49.4 Å². The number of carbonyl (C=O) groups excluding carboxylic acids is 3. The molecule has 1 aliphatic heterocycles. The summed E-state index contributed by atoms with van der Waals surface area (Å²) in [5.74, 6) is -0.0458. The quantitative estimate of drug-likeness (QED) is 0.642. The first kappa shape index (κ1) is 18.0. The highest BCUT2D eigenvalue weighted by Gasteiger charge is 2.22. The topological polar surface area (TPSA) is 81.7 Å². The minimum atomic E-state index is -0.934. The van der Waals surface area contributed by atoms with E-state index in [0.29, 0.717) is 22.8 Å². The number of ether oxygens (including phenoxy) is 2. The normalized spacial score (nSPS) is 14.0. The molecule has 0 spiro atoms. The van der Waals surface area contributed by atoms with Crippen LogP contribution >= 0.6 is 11.8 Å². The highest BCUT2D eigenvalue weighted by molar-refractivity contribution is 8.00. The maximum Gasteiger partial charge on any atom is 0.338 e. The molecule has 6 nitrogen and oxygen atoms in total. The van der Waals surface area contributed by atoms with Crippen LogP contribution in [0.4, 0.5) is 5.69 Å². The maximum absolute atomic E-state index is 12.4. The fourth-order valence-corrected chi connectivity index (χ4v) is 3.27. The molecule has 0 fully saturated rings. The van der Waals surface area contributed by atoms with Crippen molar-refractivity contribution in [2.24, 2.45) is 0 Å². The molecule has 1 heterocycles. The summed E-state index contributed by atoms with van der Waals surface area (Å²) in [5, 5.41) is 2.72. The van der Waals surface area contributed by atoms with Crippen LogP contribution in [0.3, 0.4) is 0 Å². The van der Waals surface area contributed by atoms with Crippen molar-refractivity contribution in [1.29, 1.82) is 0 Å². The summed E-state index contributed by atoms with van der Waals surface area (Å²) in [6.07, 6.45) is -0.934. The van der Waals surface area contributed by atoms with Gasteiger partial charge < -0.3 is 14.8 Å². The van der Waals surface area contributed by atoms with Gasteiger partial charge in [-0.25, -0.2) is 4.79 Å². The number of methoxy groups -OCH3 is 1. The van der Waals surface area contributed by atoms with Crippen molar-refractivity contribution in [2.45, 2.75) is 17.9 Å². The lowest BCUT2D eigenvalue weighted by atomic mass is 10.1. The average Bonchev–Trinajstić information content (AvgIpc) is 2.66. The van der Waals surface area contributed by atoms with Crippen LogP contribution in [0.1, 0.15) is 27.6 Å². The van der Waals surface area contributed by atoms with Gasteiger partial charge in [0.2, 0.25) is 11.7 Å². The second-order valence-electron chi connectivity index (χ2n) is 5.69. The first-order valence-corrected chi connectivity index (χ1v) is 8.92. The summed E-state index contributed by atoms with van der Waals surface area (Å²) in [7, 11) is 1.54. The summed E-state index contributed by atoms with van der Waals surface area (Å²) < 4.78 is 10.3. The number of thioether (sulfide) groups is 1. The molecule has 0 saturated carbocycles. The van der Waals surface area contributed by atoms with Crippen LogP contribution in [0.5, 0.6) is 5.75 Å². The second kappa shape index (κ2) is 7.61. The van der Waals surface area contributed by atoms with Gasteiger partial charge >= 0.3 is 5.97 Å². The Balaban J connectivity index is 1.69. The fraction of sp³-hybridized carbons (Fsp3) is 0.211. The number of benzene rings is 2. The number of ketones is 1. The minimum Gasteiger partial charge on any atom is -0.497 e. The zero-order valence-electron chi connectivity index (χ0n) is 14.3. The van der Waals surface area contributed by atoms with Crippen LogP contribution in [0.15, 0.2) is 47.4 Å². The number of hydrogen-bond acceptors (Lipinski definition) is 6. The van der Waals surface area contributed by atoms with Gasteiger partial charge in [0, 0.05) is 10.5 Å². The molecule has 26 heavy (non-hydrogen) atoms. The third kappa shape index (κ3) is 3.88. The SMILES string of the molecule is COc1ccc(C(=O)[C@H](C)OC(=O)c2ccc3c(c2)NC(=O)CS3)cc1. The lowest BCUT2D eigenvalue weighted by Gasteiger charge is -2.17. The van der Waals surface area contributed by atoms with E-state index in [4.69, 9.17) is 9.47 Å². The molecule has 0 radical (unpaired) electrons. The number of Topliss-reactive ketones (excluding diaryl/α,β-unsaturated/α-hetero) is 1. The molecule has 0 saturated heterocycles. The van der Waals surface area contributed by atoms with Crippen molar-refractivity contribution in [3.05, 3.63) is 53.6 Å². The molecular formula is C19H17NO5S. The predicted octanol–water partition coefficient (Wildman–Crippen LogP) is 3.17. The predicted molar refractivity (Wildman–Crippen MR) is 98.0 cm³/mol. The van der Waals surface area contributed by atoms with Crippen LogP contribution in [0, 0.1) is 0 Å². The summed E-state index contributed by atoms with van der Waals surface area (Å²) in [6, 6.07) is 11.5. The molecule has 134 valence electrons. The number of fused-ring (bicyclic) bond motifs is 1. The van der Waals surface area contributed by atoms with Crippen molar-refractivity contribution in [2.75, 3.05) is 18.2 Å². The summed E-state index contributed by atoms with van der Waals surface area (Å²) in [6.45, 7) is 1.53. The van der Waals surface area contributed by atoms with Gasteiger partial charge in [0.25, 0.3) is 0 Å². The zero-order chi connectivity index (χ0) is 18.7. The van der Waals surface area contributed by atoms with Crippen LogP contribution < -0.4 is 10.1 Å². The van der Waals surface area contributed by atoms with Crippen LogP contribution in [-0.4, -0.2) is 36.6 Å². The Hall–Kier alpha value is -2.80. The molecule has 3 rings (SSSR count). The second-order valence-corrected chi connectivity index (χ2v) is 6.71. The highest BCUT2D eigenvalue weighted by atomic mass is 32.2.